The third-order valence-electron chi connectivity index (χ3n) is 3.28. The van der Waals surface area contributed by atoms with Gasteiger partial charge in [0.15, 0.2) is 0 Å². The summed E-state index contributed by atoms with van der Waals surface area (Å²) in [5.74, 6) is 0. The normalized spacial score (nSPS) is 10.2. The number of halogens is 1. The van der Waals surface area contributed by atoms with Gasteiger partial charge in [-0.2, -0.15) is 5.26 Å². The number of hydrogen-bond acceptors (Lipinski definition) is 3. The topological polar surface area (TPSA) is 39.1 Å². The number of hydrogen-bond donors (Lipinski definition) is 1. The number of benzene rings is 2. The van der Waals surface area contributed by atoms with Gasteiger partial charge in [-0.25, -0.2) is 0 Å². The van der Waals surface area contributed by atoms with E-state index >= 15 is 0 Å². The SMILES string of the molecule is CNCc1ccc(N(C)Cc2cccc(Br)c2)c(C#N)c1. The van der Waals surface area contributed by atoms with Crippen molar-refractivity contribution in [2.24, 2.45) is 0 Å². The molecule has 0 aliphatic carbocycles. The Hall–Kier alpha value is -1.83. The van der Waals surface area contributed by atoms with Crippen LogP contribution in [0, 0.1) is 11.3 Å². The summed E-state index contributed by atoms with van der Waals surface area (Å²) in [6.07, 6.45) is 0. The van der Waals surface area contributed by atoms with Crippen molar-refractivity contribution in [3.05, 3.63) is 63.6 Å². The molecule has 0 atom stereocenters. The van der Waals surface area contributed by atoms with Crippen LogP contribution in [-0.2, 0) is 13.1 Å². The molecule has 0 bridgehead atoms. The maximum atomic E-state index is 9.37. The molecule has 108 valence electrons. The van der Waals surface area contributed by atoms with Gasteiger partial charge in [0.1, 0.15) is 6.07 Å². The predicted molar refractivity (Wildman–Crippen MR) is 90.2 cm³/mol. The molecular weight excluding hydrogens is 326 g/mol. The second-order valence-electron chi connectivity index (χ2n) is 4.98. The minimum Gasteiger partial charge on any atom is -0.369 e. The lowest BCUT2D eigenvalue weighted by molar-refractivity contribution is 0.816. The van der Waals surface area contributed by atoms with E-state index in [1.54, 1.807) is 0 Å². The van der Waals surface area contributed by atoms with E-state index in [2.05, 4.69) is 50.4 Å². The molecule has 21 heavy (non-hydrogen) atoms. The molecule has 0 aliphatic rings. The van der Waals surface area contributed by atoms with Gasteiger partial charge >= 0.3 is 0 Å². The Morgan fingerprint density at radius 1 is 1.19 bits per heavy atom. The Morgan fingerprint density at radius 2 is 2.00 bits per heavy atom. The van der Waals surface area contributed by atoms with Crippen LogP contribution in [0.1, 0.15) is 16.7 Å². The first-order valence-corrected chi connectivity index (χ1v) is 7.56. The van der Waals surface area contributed by atoms with Gasteiger partial charge in [-0.1, -0.05) is 34.1 Å². The summed E-state index contributed by atoms with van der Waals surface area (Å²) >= 11 is 3.49. The van der Waals surface area contributed by atoms with Crippen LogP contribution in [0.5, 0.6) is 0 Å². The van der Waals surface area contributed by atoms with Crippen LogP contribution in [-0.4, -0.2) is 14.1 Å². The van der Waals surface area contributed by atoms with Gasteiger partial charge in [-0.15, -0.1) is 0 Å². The minimum absolute atomic E-state index is 0.709. The summed E-state index contributed by atoms with van der Waals surface area (Å²) < 4.78 is 1.07. The van der Waals surface area contributed by atoms with Crippen molar-refractivity contribution >= 4 is 21.6 Å². The molecule has 0 heterocycles. The van der Waals surface area contributed by atoms with Crippen molar-refractivity contribution in [3.8, 4) is 6.07 Å². The quantitative estimate of drug-likeness (QED) is 0.899. The van der Waals surface area contributed by atoms with Gasteiger partial charge in [0.25, 0.3) is 0 Å². The van der Waals surface area contributed by atoms with Crippen LogP contribution in [0.3, 0.4) is 0 Å². The van der Waals surface area contributed by atoms with Crippen LogP contribution in [0.4, 0.5) is 5.69 Å². The standard InChI is InChI=1S/C17H18BrN3/c1-20-11-13-6-7-17(15(8-13)10-19)21(2)12-14-4-3-5-16(18)9-14/h3-9,20H,11-12H2,1-2H3. The van der Waals surface area contributed by atoms with Gasteiger partial charge in [0.2, 0.25) is 0 Å². The second kappa shape index (κ2) is 7.26. The van der Waals surface area contributed by atoms with E-state index < -0.39 is 0 Å². The molecule has 0 saturated carbocycles. The van der Waals surface area contributed by atoms with Crippen LogP contribution in [0.15, 0.2) is 46.9 Å². The Morgan fingerprint density at radius 3 is 2.67 bits per heavy atom. The molecule has 2 rings (SSSR count). The first kappa shape index (κ1) is 15.6. The predicted octanol–water partition coefficient (Wildman–Crippen LogP) is 3.68. The van der Waals surface area contributed by atoms with Crippen molar-refractivity contribution in [1.29, 1.82) is 5.26 Å². The molecule has 0 unspecified atom stereocenters. The van der Waals surface area contributed by atoms with E-state index in [1.165, 1.54) is 5.56 Å². The van der Waals surface area contributed by atoms with E-state index in [1.807, 2.05) is 38.4 Å². The van der Waals surface area contributed by atoms with Gasteiger partial charge < -0.3 is 10.2 Å². The molecule has 0 radical (unpaired) electrons. The highest BCUT2D eigenvalue weighted by Gasteiger charge is 2.09. The average Bonchev–Trinajstić information content (AvgIpc) is 2.47. The fourth-order valence-electron chi connectivity index (χ4n) is 2.31. The molecular formula is C17H18BrN3. The monoisotopic (exact) mass is 343 g/mol. The number of anilines is 1. The summed E-state index contributed by atoms with van der Waals surface area (Å²) in [5, 5.41) is 12.5. The van der Waals surface area contributed by atoms with Crippen molar-refractivity contribution in [3.63, 3.8) is 0 Å². The van der Waals surface area contributed by atoms with Crippen molar-refractivity contribution in [2.45, 2.75) is 13.1 Å². The van der Waals surface area contributed by atoms with Crippen LogP contribution in [0.25, 0.3) is 0 Å². The van der Waals surface area contributed by atoms with E-state index in [0.717, 1.165) is 28.8 Å². The zero-order valence-corrected chi connectivity index (χ0v) is 13.8. The van der Waals surface area contributed by atoms with Crippen molar-refractivity contribution < 1.29 is 0 Å². The van der Waals surface area contributed by atoms with E-state index in [4.69, 9.17) is 0 Å². The van der Waals surface area contributed by atoms with Crippen LogP contribution in [0.2, 0.25) is 0 Å². The Balaban J connectivity index is 2.22. The van der Waals surface area contributed by atoms with Crippen LogP contribution >= 0.6 is 15.9 Å². The zero-order chi connectivity index (χ0) is 15.2. The van der Waals surface area contributed by atoms with Gasteiger partial charge in [0, 0.05) is 24.6 Å². The third kappa shape index (κ3) is 4.07. The van der Waals surface area contributed by atoms with Gasteiger partial charge in [-0.3, -0.25) is 0 Å². The number of nitrogens with one attached hydrogen (secondary N) is 1. The second-order valence-corrected chi connectivity index (χ2v) is 5.90. The third-order valence-corrected chi connectivity index (χ3v) is 3.78. The fraction of sp³-hybridized carbons (Fsp3) is 0.235. The first-order valence-electron chi connectivity index (χ1n) is 6.77. The molecule has 0 spiro atoms. The largest absolute Gasteiger partial charge is 0.369 e. The lowest BCUT2D eigenvalue weighted by atomic mass is 10.1. The number of rotatable bonds is 5. The van der Waals surface area contributed by atoms with Gasteiger partial charge in [-0.05, 0) is 42.4 Å². The molecule has 0 aromatic heterocycles. The molecule has 3 nitrogen and oxygen atoms in total. The first-order chi connectivity index (χ1) is 10.1. The van der Waals surface area contributed by atoms with Crippen molar-refractivity contribution in [2.75, 3.05) is 19.0 Å². The highest BCUT2D eigenvalue weighted by Crippen LogP contribution is 2.23. The molecule has 2 aromatic carbocycles. The molecule has 0 fully saturated rings. The summed E-state index contributed by atoms with van der Waals surface area (Å²) in [5.41, 5.74) is 3.99. The van der Waals surface area contributed by atoms with Crippen molar-refractivity contribution in [1.82, 2.24) is 5.32 Å². The lowest BCUT2D eigenvalue weighted by Gasteiger charge is -2.21. The molecule has 0 aliphatic heterocycles. The summed E-state index contributed by atoms with van der Waals surface area (Å²) in [7, 11) is 3.91. The Bertz CT molecular complexity index is 661. The highest BCUT2D eigenvalue weighted by atomic mass is 79.9. The van der Waals surface area contributed by atoms with E-state index in [-0.39, 0.29) is 0 Å². The smallest absolute Gasteiger partial charge is 0.101 e. The van der Waals surface area contributed by atoms with Crippen LogP contribution < -0.4 is 10.2 Å². The zero-order valence-electron chi connectivity index (χ0n) is 12.2. The Labute approximate surface area is 134 Å². The molecule has 4 heteroatoms. The Kier molecular flexibility index (Phi) is 5.38. The maximum Gasteiger partial charge on any atom is 0.101 e. The fourth-order valence-corrected chi connectivity index (χ4v) is 2.76. The number of nitrogens with zero attached hydrogens (tertiary/aromatic N) is 2. The minimum atomic E-state index is 0.709. The molecule has 2 aromatic rings. The summed E-state index contributed by atoms with van der Waals surface area (Å²) in [6.45, 7) is 1.53. The summed E-state index contributed by atoms with van der Waals surface area (Å²) in [6, 6.07) is 16.5. The molecule has 1 N–H and O–H groups in total. The highest BCUT2D eigenvalue weighted by molar-refractivity contribution is 9.10. The molecule has 0 amide bonds. The molecule has 0 saturated heterocycles. The average molecular weight is 344 g/mol. The summed E-state index contributed by atoms with van der Waals surface area (Å²) in [4.78, 5) is 2.10. The van der Waals surface area contributed by atoms with E-state index in [9.17, 15) is 5.26 Å². The maximum absolute atomic E-state index is 9.37. The lowest BCUT2D eigenvalue weighted by Crippen LogP contribution is -2.18. The van der Waals surface area contributed by atoms with Gasteiger partial charge in [0.05, 0.1) is 11.3 Å². The van der Waals surface area contributed by atoms with E-state index in [0.29, 0.717) is 5.56 Å². The number of nitriles is 1.